The molecule has 2 N–H and O–H groups in total. The highest BCUT2D eigenvalue weighted by Crippen LogP contribution is 2.23. The van der Waals surface area contributed by atoms with Crippen LogP contribution in [0.5, 0.6) is 0 Å². The molecule has 0 fully saturated rings. The molecule has 0 aliphatic carbocycles. The zero-order chi connectivity index (χ0) is 13.1. The van der Waals surface area contributed by atoms with Crippen LogP contribution in [0.25, 0.3) is 0 Å². The monoisotopic (exact) mass is 265 g/mol. The molecule has 0 aromatic carbocycles. The molecular weight excluding hydrogens is 250 g/mol. The SMILES string of the molecule is Cc1sc(C(=O)OCCc2cnn(C)c2)cc1N. The second-order valence-electron chi connectivity index (χ2n) is 4.03. The van der Waals surface area contributed by atoms with Crippen LogP contribution in [0.2, 0.25) is 0 Å². The molecule has 0 unspecified atom stereocenters. The van der Waals surface area contributed by atoms with E-state index in [1.807, 2.05) is 20.2 Å². The average molecular weight is 265 g/mol. The van der Waals surface area contributed by atoms with Crippen molar-refractivity contribution in [3.63, 3.8) is 0 Å². The molecule has 96 valence electrons. The highest BCUT2D eigenvalue weighted by Gasteiger charge is 2.12. The number of aromatic nitrogens is 2. The number of nitrogen functional groups attached to an aromatic ring is 1. The van der Waals surface area contributed by atoms with Crippen LogP contribution in [0, 0.1) is 6.92 Å². The number of rotatable bonds is 4. The molecule has 18 heavy (non-hydrogen) atoms. The number of thiophene rings is 1. The number of aryl methyl sites for hydroxylation is 2. The lowest BCUT2D eigenvalue weighted by Gasteiger charge is -2.01. The molecule has 0 spiro atoms. The van der Waals surface area contributed by atoms with Gasteiger partial charge >= 0.3 is 5.97 Å². The third kappa shape index (κ3) is 2.89. The minimum atomic E-state index is -0.316. The average Bonchev–Trinajstić information content (AvgIpc) is 2.87. The summed E-state index contributed by atoms with van der Waals surface area (Å²) in [6.45, 7) is 2.23. The third-order valence-corrected chi connectivity index (χ3v) is 3.59. The Labute approximate surface area is 109 Å². The minimum Gasteiger partial charge on any atom is -0.461 e. The molecule has 0 saturated carbocycles. The van der Waals surface area contributed by atoms with Gasteiger partial charge < -0.3 is 10.5 Å². The maximum Gasteiger partial charge on any atom is 0.348 e. The zero-order valence-corrected chi connectivity index (χ0v) is 11.2. The minimum absolute atomic E-state index is 0.316. The van der Waals surface area contributed by atoms with Crippen molar-refractivity contribution < 1.29 is 9.53 Å². The Morgan fingerprint density at radius 2 is 2.39 bits per heavy atom. The lowest BCUT2D eigenvalue weighted by Crippen LogP contribution is -2.06. The quantitative estimate of drug-likeness (QED) is 0.855. The Balaban J connectivity index is 1.85. The van der Waals surface area contributed by atoms with E-state index in [1.165, 1.54) is 11.3 Å². The van der Waals surface area contributed by atoms with Crippen LogP contribution in [0.4, 0.5) is 5.69 Å². The number of hydrogen-bond donors (Lipinski definition) is 1. The fourth-order valence-electron chi connectivity index (χ4n) is 1.53. The maximum atomic E-state index is 11.7. The van der Waals surface area contributed by atoms with Crippen LogP contribution in [-0.2, 0) is 18.2 Å². The first-order valence-electron chi connectivity index (χ1n) is 5.57. The van der Waals surface area contributed by atoms with E-state index in [9.17, 15) is 4.79 Å². The van der Waals surface area contributed by atoms with Crippen molar-refractivity contribution in [3.8, 4) is 0 Å². The topological polar surface area (TPSA) is 70.1 Å². The number of anilines is 1. The number of carbonyl (C=O) groups is 1. The van der Waals surface area contributed by atoms with Crippen LogP contribution in [0.3, 0.4) is 0 Å². The molecule has 0 saturated heterocycles. The van der Waals surface area contributed by atoms with Gasteiger partial charge in [-0.15, -0.1) is 11.3 Å². The van der Waals surface area contributed by atoms with Gasteiger partial charge in [0.15, 0.2) is 0 Å². The number of hydrogen-bond acceptors (Lipinski definition) is 5. The van der Waals surface area contributed by atoms with Gasteiger partial charge in [-0.25, -0.2) is 4.79 Å². The largest absolute Gasteiger partial charge is 0.461 e. The first-order chi connectivity index (χ1) is 8.56. The summed E-state index contributed by atoms with van der Waals surface area (Å²) in [5, 5.41) is 4.05. The predicted molar refractivity (Wildman–Crippen MR) is 70.7 cm³/mol. The van der Waals surface area contributed by atoms with E-state index in [2.05, 4.69) is 5.10 Å². The lowest BCUT2D eigenvalue weighted by atomic mass is 10.3. The van der Waals surface area contributed by atoms with Crippen LogP contribution in [0.15, 0.2) is 18.5 Å². The number of ether oxygens (including phenoxy) is 1. The molecule has 2 heterocycles. The Kier molecular flexibility index (Phi) is 3.66. The fourth-order valence-corrected chi connectivity index (χ4v) is 2.37. The molecule has 2 aromatic heterocycles. The lowest BCUT2D eigenvalue weighted by molar-refractivity contribution is 0.0515. The normalized spacial score (nSPS) is 10.6. The second-order valence-corrected chi connectivity index (χ2v) is 5.29. The van der Waals surface area contributed by atoms with Crippen LogP contribution in [0.1, 0.15) is 20.1 Å². The second kappa shape index (κ2) is 5.22. The smallest absolute Gasteiger partial charge is 0.348 e. The number of nitrogens with zero attached hydrogens (tertiary/aromatic N) is 2. The van der Waals surface area contributed by atoms with Crippen molar-refractivity contribution in [2.75, 3.05) is 12.3 Å². The van der Waals surface area contributed by atoms with Crippen molar-refractivity contribution in [1.29, 1.82) is 0 Å². The third-order valence-electron chi connectivity index (χ3n) is 2.54. The molecule has 0 radical (unpaired) electrons. The van der Waals surface area contributed by atoms with Gasteiger partial charge in [0.1, 0.15) is 4.88 Å². The van der Waals surface area contributed by atoms with Gasteiger partial charge in [0.05, 0.1) is 12.8 Å². The fraction of sp³-hybridized carbons (Fsp3) is 0.333. The molecule has 2 rings (SSSR count). The zero-order valence-electron chi connectivity index (χ0n) is 10.3. The van der Waals surface area contributed by atoms with Gasteiger partial charge in [0, 0.05) is 30.2 Å². The highest BCUT2D eigenvalue weighted by atomic mass is 32.1. The highest BCUT2D eigenvalue weighted by molar-refractivity contribution is 7.14. The number of esters is 1. The van der Waals surface area contributed by atoms with E-state index in [0.717, 1.165) is 10.4 Å². The first kappa shape index (κ1) is 12.6. The molecule has 0 aliphatic rings. The summed E-state index contributed by atoms with van der Waals surface area (Å²) >= 11 is 1.36. The molecule has 2 aromatic rings. The predicted octanol–water partition coefficient (Wildman–Crippen LogP) is 1.77. The van der Waals surface area contributed by atoms with Gasteiger partial charge in [-0.05, 0) is 18.6 Å². The van der Waals surface area contributed by atoms with Crippen molar-refractivity contribution in [1.82, 2.24) is 9.78 Å². The van der Waals surface area contributed by atoms with E-state index in [-0.39, 0.29) is 5.97 Å². The summed E-state index contributed by atoms with van der Waals surface area (Å²) in [7, 11) is 1.85. The van der Waals surface area contributed by atoms with Crippen LogP contribution < -0.4 is 5.73 Å². The maximum absolute atomic E-state index is 11.7. The van der Waals surface area contributed by atoms with E-state index >= 15 is 0 Å². The molecule has 0 atom stereocenters. The molecule has 5 nitrogen and oxygen atoms in total. The van der Waals surface area contributed by atoms with E-state index in [0.29, 0.717) is 23.6 Å². The molecule has 0 amide bonds. The van der Waals surface area contributed by atoms with E-state index < -0.39 is 0 Å². The summed E-state index contributed by atoms with van der Waals surface area (Å²) in [6.07, 6.45) is 4.33. The molecule has 6 heteroatoms. The Morgan fingerprint density at radius 1 is 1.61 bits per heavy atom. The van der Waals surface area contributed by atoms with Crippen LogP contribution >= 0.6 is 11.3 Å². The van der Waals surface area contributed by atoms with Gasteiger partial charge in [0.2, 0.25) is 0 Å². The van der Waals surface area contributed by atoms with Gasteiger partial charge in [-0.2, -0.15) is 5.10 Å². The summed E-state index contributed by atoms with van der Waals surface area (Å²) in [6, 6.07) is 1.66. The van der Waals surface area contributed by atoms with Crippen molar-refractivity contribution in [2.45, 2.75) is 13.3 Å². The first-order valence-corrected chi connectivity index (χ1v) is 6.38. The summed E-state index contributed by atoms with van der Waals surface area (Å²) < 4.78 is 6.91. The van der Waals surface area contributed by atoms with Crippen molar-refractivity contribution in [2.24, 2.45) is 7.05 Å². The molecule has 0 aliphatic heterocycles. The molecular formula is C12H15N3O2S. The van der Waals surface area contributed by atoms with E-state index in [4.69, 9.17) is 10.5 Å². The van der Waals surface area contributed by atoms with Gasteiger partial charge in [-0.1, -0.05) is 0 Å². The van der Waals surface area contributed by atoms with Crippen LogP contribution in [-0.4, -0.2) is 22.4 Å². The molecule has 0 bridgehead atoms. The van der Waals surface area contributed by atoms with E-state index in [1.54, 1.807) is 16.9 Å². The van der Waals surface area contributed by atoms with Crippen molar-refractivity contribution >= 4 is 23.0 Å². The standard InChI is InChI=1S/C12H15N3O2S/c1-8-10(13)5-11(18-8)12(16)17-4-3-9-6-14-15(2)7-9/h5-7H,3-4,13H2,1-2H3. The number of carbonyl (C=O) groups excluding carboxylic acids is 1. The van der Waals surface area contributed by atoms with Gasteiger partial charge in [-0.3, -0.25) is 4.68 Å². The van der Waals surface area contributed by atoms with Gasteiger partial charge in [0.25, 0.3) is 0 Å². The summed E-state index contributed by atoms with van der Waals surface area (Å²) in [4.78, 5) is 13.2. The summed E-state index contributed by atoms with van der Waals surface area (Å²) in [5.41, 5.74) is 7.38. The Morgan fingerprint density at radius 3 is 2.94 bits per heavy atom. The Hall–Kier alpha value is -1.82. The number of nitrogens with two attached hydrogens (primary N) is 1. The van der Waals surface area contributed by atoms with Crippen molar-refractivity contribution in [3.05, 3.63) is 33.8 Å². The Bertz CT molecular complexity index is 540. The summed E-state index contributed by atoms with van der Waals surface area (Å²) in [5.74, 6) is -0.316.